The van der Waals surface area contributed by atoms with E-state index in [2.05, 4.69) is 11.0 Å². The Morgan fingerprint density at radius 3 is 3.08 bits per heavy atom. The molecule has 1 N–H and O–H groups in total. The van der Waals surface area contributed by atoms with E-state index in [-0.39, 0.29) is 0 Å². The van der Waals surface area contributed by atoms with E-state index in [1.165, 1.54) is 0 Å². The summed E-state index contributed by atoms with van der Waals surface area (Å²) in [7, 11) is 0. The van der Waals surface area contributed by atoms with Gasteiger partial charge in [0.15, 0.2) is 0 Å². The molecule has 0 bridgehead atoms. The summed E-state index contributed by atoms with van der Waals surface area (Å²) in [5.41, 5.74) is 0. The zero-order chi connectivity index (χ0) is 8.55. The monoisotopic (exact) mass is 164 g/mol. The Labute approximate surface area is 71.9 Å². The van der Waals surface area contributed by atoms with Crippen LogP contribution in [0.25, 0.3) is 0 Å². The van der Waals surface area contributed by atoms with E-state index in [1.54, 1.807) is 6.92 Å². The van der Waals surface area contributed by atoms with E-state index in [0.29, 0.717) is 0 Å². The minimum atomic E-state index is -0.455. The summed E-state index contributed by atoms with van der Waals surface area (Å²) in [5, 5.41) is 9.37. The second kappa shape index (κ2) is 2.68. The van der Waals surface area contributed by atoms with Crippen molar-refractivity contribution in [3.8, 4) is 0 Å². The molecule has 2 aliphatic rings. The van der Waals surface area contributed by atoms with Crippen LogP contribution in [0.5, 0.6) is 0 Å². The van der Waals surface area contributed by atoms with Crippen LogP contribution >= 0.6 is 0 Å². The lowest BCUT2D eigenvalue weighted by atomic mass is 10.3. The summed E-state index contributed by atoms with van der Waals surface area (Å²) in [6, 6.07) is 0. The van der Waals surface area contributed by atoms with E-state index in [9.17, 15) is 5.11 Å². The van der Waals surface area contributed by atoms with E-state index >= 15 is 0 Å². The largest absolute Gasteiger partial charge is 0.374 e. The number of aliphatic hydroxyl groups excluding tert-OH is 1. The third kappa shape index (κ3) is 1.02. The van der Waals surface area contributed by atoms with Gasteiger partial charge in [0.1, 0.15) is 12.0 Å². The zero-order valence-corrected chi connectivity index (χ0v) is 7.01. The number of nitrogens with zero attached hydrogens (tertiary/aromatic N) is 2. The maximum atomic E-state index is 9.37. The summed E-state index contributed by atoms with van der Waals surface area (Å²) >= 11 is 0. The van der Waals surface area contributed by atoms with Crippen molar-refractivity contribution in [2.45, 2.75) is 13.2 Å². The fraction of sp³-hybridized carbons (Fsp3) is 0.333. The molecule has 3 nitrogen and oxygen atoms in total. The first-order chi connectivity index (χ1) is 5.79. The summed E-state index contributed by atoms with van der Waals surface area (Å²) in [5.74, 6) is 1.05. The van der Waals surface area contributed by atoms with Gasteiger partial charge in [0.25, 0.3) is 0 Å². The van der Waals surface area contributed by atoms with Gasteiger partial charge in [-0.1, -0.05) is 12.2 Å². The molecular weight excluding hydrogens is 152 g/mol. The third-order valence-electron chi connectivity index (χ3n) is 2.05. The molecule has 0 spiro atoms. The number of allylic oxidation sites excluding steroid dienone is 2. The second-order valence-electron chi connectivity index (χ2n) is 2.94. The smallest absolute Gasteiger partial charge is 0.129 e. The van der Waals surface area contributed by atoms with Crippen molar-refractivity contribution >= 4 is 0 Å². The second-order valence-corrected chi connectivity index (χ2v) is 2.94. The lowest BCUT2D eigenvalue weighted by molar-refractivity contribution is 0.0705. The highest BCUT2D eigenvalue weighted by Gasteiger charge is 2.22. The molecule has 0 aliphatic carbocycles. The maximum Gasteiger partial charge on any atom is 0.129 e. The normalized spacial score (nSPS) is 22.7. The number of hydrogen-bond donors (Lipinski definition) is 1. The predicted octanol–water partition coefficient (Wildman–Crippen LogP) is 0.825. The van der Waals surface area contributed by atoms with Gasteiger partial charge in [-0.25, -0.2) is 0 Å². The van der Waals surface area contributed by atoms with Crippen LogP contribution in [-0.4, -0.2) is 27.7 Å². The van der Waals surface area contributed by atoms with Gasteiger partial charge in [-0.05, 0) is 13.0 Å². The molecule has 0 saturated carbocycles. The first kappa shape index (κ1) is 7.43. The number of hydrogen-bond acceptors (Lipinski definition) is 3. The standard InChI is InChI=1S/C9H12N2O/c1-8(12)11-7-6-10-5-3-2-4-9(10)11/h2-4,6-8,12H,5H2,1H3. The minimum Gasteiger partial charge on any atom is -0.374 e. The van der Waals surface area contributed by atoms with Crippen LogP contribution in [-0.2, 0) is 0 Å². The Hall–Kier alpha value is -1.22. The maximum absolute atomic E-state index is 9.37. The van der Waals surface area contributed by atoms with Crippen LogP contribution in [0.2, 0.25) is 0 Å². The van der Waals surface area contributed by atoms with Gasteiger partial charge in [0.2, 0.25) is 0 Å². The van der Waals surface area contributed by atoms with Crippen LogP contribution < -0.4 is 0 Å². The zero-order valence-electron chi connectivity index (χ0n) is 7.01. The molecular formula is C9H12N2O. The van der Waals surface area contributed by atoms with Crippen LogP contribution in [0.3, 0.4) is 0 Å². The lowest BCUT2D eigenvalue weighted by Crippen LogP contribution is -2.30. The average molecular weight is 164 g/mol. The van der Waals surface area contributed by atoms with E-state index < -0.39 is 6.23 Å². The van der Waals surface area contributed by atoms with Crippen molar-refractivity contribution in [3.05, 3.63) is 36.4 Å². The Bertz CT molecular complexity index is 266. The molecule has 0 amide bonds. The fourth-order valence-corrected chi connectivity index (χ4v) is 1.43. The predicted molar refractivity (Wildman–Crippen MR) is 46.6 cm³/mol. The molecule has 0 saturated heterocycles. The summed E-state index contributed by atoms with van der Waals surface area (Å²) in [6.07, 6.45) is 9.50. The van der Waals surface area contributed by atoms with Gasteiger partial charge >= 0.3 is 0 Å². The van der Waals surface area contributed by atoms with Crippen molar-refractivity contribution < 1.29 is 5.11 Å². The quantitative estimate of drug-likeness (QED) is 0.621. The summed E-state index contributed by atoms with van der Waals surface area (Å²) in [6.45, 7) is 2.65. The number of aliphatic hydroxyl groups is 1. The molecule has 64 valence electrons. The molecule has 3 heteroatoms. The van der Waals surface area contributed by atoms with Crippen LogP contribution in [0, 0.1) is 0 Å². The molecule has 0 aromatic carbocycles. The topological polar surface area (TPSA) is 26.7 Å². The first-order valence-corrected chi connectivity index (χ1v) is 4.07. The van der Waals surface area contributed by atoms with Crippen molar-refractivity contribution in [3.63, 3.8) is 0 Å². The van der Waals surface area contributed by atoms with Crippen molar-refractivity contribution in [2.75, 3.05) is 6.54 Å². The van der Waals surface area contributed by atoms with Gasteiger partial charge < -0.3 is 14.9 Å². The molecule has 12 heavy (non-hydrogen) atoms. The number of fused-ring (bicyclic) bond motifs is 1. The van der Waals surface area contributed by atoms with Crippen molar-refractivity contribution in [1.82, 2.24) is 9.80 Å². The van der Waals surface area contributed by atoms with E-state index in [0.717, 1.165) is 12.4 Å². The van der Waals surface area contributed by atoms with Gasteiger partial charge in [-0.2, -0.15) is 0 Å². The SMILES string of the molecule is CC(O)N1C=CN2CC=CC=C21. The first-order valence-electron chi connectivity index (χ1n) is 4.07. The Kier molecular flexibility index (Phi) is 1.66. The molecule has 0 radical (unpaired) electrons. The van der Waals surface area contributed by atoms with Crippen molar-refractivity contribution in [1.29, 1.82) is 0 Å². The molecule has 0 fully saturated rings. The molecule has 0 aromatic heterocycles. The van der Waals surface area contributed by atoms with Gasteiger partial charge in [0, 0.05) is 18.9 Å². The fourth-order valence-electron chi connectivity index (χ4n) is 1.43. The molecule has 2 heterocycles. The van der Waals surface area contributed by atoms with Crippen LogP contribution in [0.15, 0.2) is 36.4 Å². The van der Waals surface area contributed by atoms with Gasteiger partial charge in [-0.15, -0.1) is 0 Å². The highest BCUT2D eigenvalue weighted by atomic mass is 16.3. The Morgan fingerprint density at radius 1 is 1.50 bits per heavy atom. The van der Waals surface area contributed by atoms with Gasteiger partial charge in [0.05, 0.1) is 0 Å². The summed E-state index contributed by atoms with van der Waals surface area (Å²) in [4.78, 5) is 3.93. The molecule has 0 aromatic rings. The minimum absolute atomic E-state index is 0.455. The van der Waals surface area contributed by atoms with E-state index in [4.69, 9.17) is 0 Å². The van der Waals surface area contributed by atoms with Crippen LogP contribution in [0.1, 0.15) is 6.92 Å². The number of rotatable bonds is 1. The van der Waals surface area contributed by atoms with E-state index in [1.807, 2.05) is 29.5 Å². The van der Waals surface area contributed by atoms with Crippen molar-refractivity contribution in [2.24, 2.45) is 0 Å². The highest BCUT2D eigenvalue weighted by molar-refractivity contribution is 5.24. The third-order valence-corrected chi connectivity index (χ3v) is 2.05. The molecule has 1 unspecified atom stereocenters. The van der Waals surface area contributed by atoms with Gasteiger partial charge in [-0.3, -0.25) is 0 Å². The molecule has 2 aliphatic heterocycles. The summed E-state index contributed by atoms with van der Waals surface area (Å²) < 4.78 is 0. The molecule has 1 atom stereocenters. The van der Waals surface area contributed by atoms with Crippen LogP contribution in [0.4, 0.5) is 0 Å². The average Bonchev–Trinajstić information content (AvgIpc) is 2.47. The Balaban J connectivity index is 2.24. The lowest BCUT2D eigenvalue weighted by Gasteiger charge is -2.27. The highest BCUT2D eigenvalue weighted by Crippen LogP contribution is 2.23. The molecule has 2 rings (SSSR count). The Morgan fingerprint density at radius 2 is 2.33 bits per heavy atom.